The molecule has 2 amide bonds. The van der Waals surface area contributed by atoms with E-state index in [1.807, 2.05) is 32.0 Å². The SMILES string of the molecule is CCC.CCCOC.CCCOC.COP(=O)(O)C(O)(CC(=O)OCCCC(CC(C)C)NC(=O)CNC(=O)c1cnccn1)P(O)O.Cc1ccccc1. The minimum absolute atomic E-state index is 0.0748. The number of aryl methyl sites for hydroxylation is 1. The van der Waals surface area contributed by atoms with E-state index < -0.39 is 45.3 Å². The third kappa shape index (κ3) is 30.0. The molecular formula is C37H68N4O12P2. The third-order valence-corrected chi connectivity index (χ3v) is 10.1. The fourth-order valence-electron chi connectivity index (χ4n) is 3.90. The second kappa shape index (κ2) is 35.5. The number of carbonyl (C=O) groups excluding carboxylic acids is 3. The summed E-state index contributed by atoms with van der Waals surface area (Å²) in [5, 5.41) is 12.3. The van der Waals surface area contributed by atoms with Crippen molar-refractivity contribution in [2.24, 2.45) is 5.92 Å². The third-order valence-electron chi connectivity index (χ3n) is 6.45. The van der Waals surface area contributed by atoms with Gasteiger partial charge in [0.1, 0.15) is 5.69 Å². The molecule has 0 aliphatic heterocycles. The summed E-state index contributed by atoms with van der Waals surface area (Å²) in [4.78, 5) is 72.1. The van der Waals surface area contributed by atoms with E-state index >= 15 is 0 Å². The highest BCUT2D eigenvalue weighted by Crippen LogP contribution is 2.67. The topological polar surface area (TPSA) is 236 Å². The molecule has 16 nitrogen and oxygen atoms in total. The van der Waals surface area contributed by atoms with Crippen molar-refractivity contribution in [2.45, 2.75) is 105 Å². The van der Waals surface area contributed by atoms with Gasteiger partial charge >= 0.3 is 13.6 Å². The van der Waals surface area contributed by atoms with E-state index in [-0.39, 0.29) is 30.8 Å². The van der Waals surface area contributed by atoms with Crippen molar-refractivity contribution in [3.05, 3.63) is 60.2 Å². The van der Waals surface area contributed by atoms with Gasteiger partial charge in [0.05, 0.1) is 25.8 Å². The van der Waals surface area contributed by atoms with E-state index in [0.29, 0.717) is 19.3 Å². The molecule has 2 aromatic rings. The number of ether oxygens (including phenoxy) is 3. The van der Waals surface area contributed by atoms with Crippen LogP contribution >= 0.6 is 16.0 Å². The van der Waals surface area contributed by atoms with Crippen LogP contribution in [0.5, 0.6) is 0 Å². The molecule has 3 unspecified atom stereocenters. The second-order valence-electron chi connectivity index (χ2n) is 12.3. The van der Waals surface area contributed by atoms with E-state index in [4.69, 9.17) is 14.2 Å². The molecule has 3 atom stereocenters. The first kappa shape index (κ1) is 56.4. The minimum atomic E-state index is -4.93. The minimum Gasteiger partial charge on any atom is -0.466 e. The predicted molar refractivity (Wildman–Crippen MR) is 215 cm³/mol. The molecule has 0 saturated carbocycles. The molecule has 1 aromatic heterocycles. The number of hydrogen-bond acceptors (Lipinski definition) is 13. The smallest absolute Gasteiger partial charge is 0.368 e. The highest BCUT2D eigenvalue weighted by Gasteiger charge is 2.55. The Morgan fingerprint density at radius 2 is 1.51 bits per heavy atom. The lowest BCUT2D eigenvalue weighted by atomic mass is 10.00. The standard InChI is InChI=1S/C19H32N4O10P2.C7H8.2C4H10O.C3H8/c1-13(2)9-14(23-16(24)12-22-18(26)15-11-20-6-7-21-15)5-4-8-33-17(25)10-19(27,34(28)29)35(30,31)32-3;1-7-5-3-2-4-6-7;2*1-3-4-5-2;1-3-2/h6-7,11,13-14,27-29H,4-5,8-10,12H2,1-3H3,(H,22,26)(H,23,24)(H,30,31);2-6H,1H3;2*3-4H2,1-2H3;3H2,1-2H3. The largest absolute Gasteiger partial charge is 0.466 e. The summed E-state index contributed by atoms with van der Waals surface area (Å²) < 4.78 is 30.4. The number of aromatic nitrogens is 2. The molecule has 0 spiro atoms. The average molecular weight is 823 g/mol. The number of benzene rings is 1. The van der Waals surface area contributed by atoms with Crippen molar-refractivity contribution in [1.82, 2.24) is 20.6 Å². The van der Waals surface area contributed by atoms with Crippen LogP contribution < -0.4 is 10.6 Å². The first-order valence-corrected chi connectivity index (χ1v) is 21.1. The fourth-order valence-corrected chi connectivity index (χ4v) is 5.94. The molecule has 0 fully saturated rings. The molecule has 0 bridgehead atoms. The quantitative estimate of drug-likeness (QED) is 0.0565. The molecule has 318 valence electrons. The molecule has 55 heavy (non-hydrogen) atoms. The Kier molecular flexibility index (Phi) is 36.4. The highest BCUT2D eigenvalue weighted by atomic mass is 31.2. The molecular weight excluding hydrogens is 754 g/mol. The number of carbonyl (C=O) groups is 3. The molecule has 1 heterocycles. The first-order valence-electron chi connectivity index (χ1n) is 18.2. The Bertz CT molecular complexity index is 1270. The van der Waals surface area contributed by atoms with Crippen molar-refractivity contribution in [3.8, 4) is 0 Å². The zero-order valence-electron chi connectivity index (χ0n) is 34.4. The van der Waals surface area contributed by atoms with Crippen LogP contribution in [0.4, 0.5) is 0 Å². The monoisotopic (exact) mass is 822 g/mol. The molecule has 0 saturated heterocycles. The summed E-state index contributed by atoms with van der Waals surface area (Å²) in [6.45, 7) is 15.8. The number of esters is 1. The second-order valence-corrected chi connectivity index (χ2v) is 16.1. The summed E-state index contributed by atoms with van der Waals surface area (Å²) in [5.74, 6) is -1.87. The van der Waals surface area contributed by atoms with E-state index in [0.717, 1.165) is 33.2 Å². The zero-order chi connectivity index (χ0) is 42.7. The van der Waals surface area contributed by atoms with Crippen LogP contribution in [-0.2, 0) is 32.9 Å². The van der Waals surface area contributed by atoms with Crippen LogP contribution in [0.25, 0.3) is 0 Å². The number of rotatable bonds is 19. The first-order chi connectivity index (χ1) is 26.0. The molecule has 0 aliphatic rings. The van der Waals surface area contributed by atoms with Gasteiger partial charge < -0.3 is 49.2 Å². The average Bonchev–Trinajstić information content (AvgIpc) is 3.14. The van der Waals surface area contributed by atoms with Crippen molar-refractivity contribution >= 4 is 33.8 Å². The van der Waals surface area contributed by atoms with Crippen LogP contribution in [0.3, 0.4) is 0 Å². The Morgan fingerprint density at radius 1 is 0.945 bits per heavy atom. The molecule has 6 N–H and O–H groups in total. The van der Waals surface area contributed by atoms with Crippen LogP contribution in [0.2, 0.25) is 0 Å². The summed E-state index contributed by atoms with van der Waals surface area (Å²) >= 11 is 0. The Hall–Kier alpha value is -2.91. The molecule has 1 aromatic carbocycles. The molecule has 2 rings (SSSR count). The van der Waals surface area contributed by atoms with Gasteiger partial charge in [-0.25, -0.2) is 4.98 Å². The van der Waals surface area contributed by atoms with Crippen LogP contribution in [0.15, 0.2) is 48.9 Å². The van der Waals surface area contributed by atoms with Crippen LogP contribution in [-0.4, -0.2) is 106 Å². The maximum Gasteiger partial charge on any atom is 0.368 e. The predicted octanol–water partition coefficient (Wildman–Crippen LogP) is 5.72. The maximum absolute atomic E-state index is 12.3. The molecule has 0 aliphatic carbocycles. The van der Waals surface area contributed by atoms with Crippen LogP contribution in [0, 0.1) is 12.8 Å². The zero-order valence-corrected chi connectivity index (χ0v) is 36.2. The highest BCUT2D eigenvalue weighted by molar-refractivity contribution is 7.69. The van der Waals surface area contributed by atoms with E-state index in [2.05, 4.69) is 71.9 Å². The Balaban J connectivity index is -0.00000109. The Labute approximate surface area is 329 Å². The number of nitrogens with one attached hydrogen (secondary N) is 2. The number of nitrogens with zero attached hydrogens (tertiary/aromatic N) is 2. The molecule has 0 radical (unpaired) electrons. The lowest BCUT2D eigenvalue weighted by Gasteiger charge is -2.30. The van der Waals surface area contributed by atoms with Gasteiger partial charge in [-0.05, 0) is 44.9 Å². The van der Waals surface area contributed by atoms with Gasteiger partial charge in [0.25, 0.3) is 5.91 Å². The number of amides is 2. The summed E-state index contributed by atoms with van der Waals surface area (Å²) in [6.07, 6.45) is 7.68. The van der Waals surface area contributed by atoms with Crippen molar-refractivity contribution < 1.29 is 57.5 Å². The van der Waals surface area contributed by atoms with Crippen molar-refractivity contribution in [3.63, 3.8) is 0 Å². The summed E-state index contributed by atoms with van der Waals surface area (Å²) in [5.41, 5.74) is 1.40. The van der Waals surface area contributed by atoms with Gasteiger partial charge in [-0.2, -0.15) is 0 Å². The maximum atomic E-state index is 12.3. The van der Waals surface area contributed by atoms with Gasteiger partial charge in [0.2, 0.25) is 19.4 Å². The number of aliphatic hydroxyl groups is 1. The van der Waals surface area contributed by atoms with E-state index in [1.54, 1.807) is 14.2 Å². The van der Waals surface area contributed by atoms with Gasteiger partial charge in [-0.15, -0.1) is 0 Å². The van der Waals surface area contributed by atoms with Crippen molar-refractivity contribution in [1.29, 1.82) is 0 Å². The fraction of sp³-hybridized carbons (Fsp3) is 0.649. The summed E-state index contributed by atoms with van der Waals surface area (Å²) in [7, 11) is -4.14. The van der Waals surface area contributed by atoms with Gasteiger partial charge in [-0.3, -0.25) is 23.9 Å². The lowest BCUT2D eigenvalue weighted by molar-refractivity contribution is -0.146. The molecule has 18 heteroatoms. The van der Waals surface area contributed by atoms with Gasteiger partial charge in [-0.1, -0.05) is 83.9 Å². The summed E-state index contributed by atoms with van der Waals surface area (Å²) in [6, 6.07) is 9.97. The van der Waals surface area contributed by atoms with Gasteiger partial charge in [0.15, 0.2) is 0 Å². The van der Waals surface area contributed by atoms with Gasteiger partial charge in [0, 0.05) is 53.0 Å². The van der Waals surface area contributed by atoms with Crippen molar-refractivity contribution in [2.75, 3.05) is 47.7 Å². The lowest BCUT2D eigenvalue weighted by Crippen LogP contribution is -2.42. The number of methoxy groups -OCH3 is 2. The number of hydrogen-bond donors (Lipinski definition) is 6. The Morgan fingerprint density at radius 3 is 1.89 bits per heavy atom. The van der Waals surface area contributed by atoms with E-state index in [1.165, 1.54) is 30.6 Å². The normalized spacial score (nSPS) is 12.9. The van der Waals surface area contributed by atoms with E-state index in [9.17, 15) is 38.7 Å². The van der Waals surface area contributed by atoms with Crippen LogP contribution in [0.1, 0.15) is 103 Å².